The van der Waals surface area contributed by atoms with Crippen molar-refractivity contribution in [1.82, 2.24) is 5.32 Å². The van der Waals surface area contributed by atoms with Crippen LogP contribution in [0.1, 0.15) is 19.4 Å². The van der Waals surface area contributed by atoms with Crippen LogP contribution >= 0.6 is 0 Å². The van der Waals surface area contributed by atoms with Gasteiger partial charge in [-0.2, -0.15) is 0 Å². The Morgan fingerprint density at radius 1 is 0.938 bits per heavy atom. The Morgan fingerprint density at radius 2 is 1.66 bits per heavy atom. The average Bonchev–Trinajstić information content (AvgIpc) is 2.77. The summed E-state index contributed by atoms with van der Waals surface area (Å²) in [7, 11) is 0. The van der Waals surface area contributed by atoms with Crippen molar-refractivity contribution in [3.63, 3.8) is 0 Å². The highest BCUT2D eigenvalue weighted by molar-refractivity contribution is 6.39. The van der Waals surface area contributed by atoms with Crippen LogP contribution in [0.4, 0.5) is 10.5 Å². The molecule has 0 unspecified atom stereocenters. The van der Waals surface area contributed by atoms with Gasteiger partial charge in [-0.3, -0.25) is 14.9 Å². The molecule has 0 atom stereocenters. The van der Waals surface area contributed by atoms with E-state index in [0.717, 1.165) is 4.90 Å². The van der Waals surface area contributed by atoms with E-state index in [4.69, 9.17) is 14.2 Å². The third kappa shape index (κ3) is 4.97. The molecular weight excluding hydrogens is 412 g/mol. The van der Waals surface area contributed by atoms with Crippen molar-refractivity contribution in [2.75, 3.05) is 24.7 Å². The van der Waals surface area contributed by atoms with Gasteiger partial charge in [0.15, 0.2) is 11.5 Å². The van der Waals surface area contributed by atoms with Crippen molar-refractivity contribution in [1.29, 1.82) is 0 Å². The first-order valence-corrected chi connectivity index (χ1v) is 10.1. The molecular formula is C24H24N2O6. The number of carbonyl (C=O) groups is 3. The van der Waals surface area contributed by atoms with E-state index in [2.05, 4.69) is 11.9 Å². The highest BCUT2D eigenvalue weighted by atomic mass is 16.5. The van der Waals surface area contributed by atoms with E-state index in [1.165, 1.54) is 6.08 Å². The fraction of sp³-hybridized carbons (Fsp3) is 0.208. The molecule has 0 saturated carbocycles. The van der Waals surface area contributed by atoms with E-state index < -0.39 is 17.8 Å². The summed E-state index contributed by atoms with van der Waals surface area (Å²) < 4.78 is 16.6. The smallest absolute Gasteiger partial charge is 0.335 e. The van der Waals surface area contributed by atoms with Gasteiger partial charge in [-0.25, -0.2) is 9.69 Å². The molecule has 4 amide bonds. The zero-order valence-electron chi connectivity index (χ0n) is 17.9. The predicted octanol–water partition coefficient (Wildman–Crippen LogP) is 3.72. The lowest BCUT2D eigenvalue weighted by molar-refractivity contribution is -0.122. The number of amides is 4. The first-order chi connectivity index (χ1) is 15.5. The van der Waals surface area contributed by atoms with Crippen LogP contribution in [-0.4, -0.2) is 37.7 Å². The molecule has 8 nitrogen and oxygen atoms in total. The summed E-state index contributed by atoms with van der Waals surface area (Å²) in [4.78, 5) is 38.8. The molecule has 3 rings (SSSR count). The number of benzene rings is 2. The summed E-state index contributed by atoms with van der Waals surface area (Å²) in [6.45, 7) is 8.51. The lowest BCUT2D eigenvalue weighted by Gasteiger charge is -2.26. The molecule has 0 aliphatic carbocycles. The summed E-state index contributed by atoms with van der Waals surface area (Å²) in [6.07, 6.45) is 3.02. The Bertz CT molecular complexity index is 1060. The van der Waals surface area contributed by atoms with Crippen molar-refractivity contribution >= 4 is 29.6 Å². The minimum atomic E-state index is -0.815. The molecule has 0 radical (unpaired) electrons. The number of nitrogens with one attached hydrogen (secondary N) is 1. The summed E-state index contributed by atoms with van der Waals surface area (Å²) in [5.41, 5.74) is 0.678. The van der Waals surface area contributed by atoms with Gasteiger partial charge in [0.1, 0.15) is 17.9 Å². The third-order valence-corrected chi connectivity index (χ3v) is 4.44. The van der Waals surface area contributed by atoms with E-state index in [1.54, 1.807) is 48.5 Å². The number of anilines is 1. The van der Waals surface area contributed by atoms with Crippen molar-refractivity contribution in [3.05, 3.63) is 66.3 Å². The van der Waals surface area contributed by atoms with Crippen LogP contribution in [0.2, 0.25) is 0 Å². The molecule has 1 aliphatic rings. The maximum Gasteiger partial charge on any atom is 0.335 e. The normalized spacial score (nSPS) is 14.9. The number of hydrogen-bond acceptors (Lipinski definition) is 6. The highest BCUT2D eigenvalue weighted by Gasteiger charge is 2.36. The largest absolute Gasteiger partial charge is 0.494 e. The van der Waals surface area contributed by atoms with Crippen molar-refractivity contribution in [2.45, 2.75) is 13.8 Å². The molecule has 1 fully saturated rings. The molecule has 8 heteroatoms. The van der Waals surface area contributed by atoms with Crippen LogP contribution in [0.25, 0.3) is 6.08 Å². The van der Waals surface area contributed by atoms with Gasteiger partial charge in [-0.15, -0.1) is 0 Å². The minimum Gasteiger partial charge on any atom is -0.494 e. The van der Waals surface area contributed by atoms with Crippen LogP contribution < -0.4 is 24.4 Å². The van der Waals surface area contributed by atoms with Crippen LogP contribution in [0.5, 0.6) is 17.2 Å². The van der Waals surface area contributed by atoms with E-state index in [9.17, 15) is 14.4 Å². The number of urea groups is 1. The van der Waals surface area contributed by atoms with Crippen molar-refractivity contribution in [2.24, 2.45) is 0 Å². The first kappa shape index (κ1) is 22.6. The molecule has 2 aromatic rings. The lowest BCUT2D eigenvalue weighted by Crippen LogP contribution is -2.54. The van der Waals surface area contributed by atoms with E-state index in [1.807, 2.05) is 13.8 Å². The van der Waals surface area contributed by atoms with Crippen LogP contribution in [0, 0.1) is 0 Å². The maximum atomic E-state index is 13.1. The topological polar surface area (TPSA) is 94.2 Å². The highest BCUT2D eigenvalue weighted by Crippen LogP contribution is 2.30. The van der Waals surface area contributed by atoms with Gasteiger partial charge >= 0.3 is 6.03 Å². The Kier molecular flexibility index (Phi) is 7.28. The van der Waals surface area contributed by atoms with Gasteiger partial charge in [0.05, 0.1) is 18.9 Å². The van der Waals surface area contributed by atoms with E-state index in [-0.39, 0.29) is 5.57 Å². The molecule has 2 aromatic carbocycles. The standard InChI is InChI=1S/C24H24N2O6/c1-4-13-32-20-12-7-16(15-21(20)31-6-3)14-19-22(27)25-24(29)26(23(19)28)17-8-10-18(11-9-17)30-5-2/h4,7-12,14-15H,1,5-6,13H2,2-3H3,(H,25,27,29)/b19-14+. The van der Waals surface area contributed by atoms with Crippen LogP contribution in [-0.2, 0) is 9.59 Å². The zero-order chi connectivity index (χ0) is 23.1. The molecule has 166 valence electrons. The number of carbonyl (C=O) groups excluding carboxylic acids is 3. The van der Waals surface area contributed by atoms with Crippen molar-refractivity contribution < 1.29 is 28.6 Å². The second-order valence-corrected chi connectivity index (χ2v) is 6.62. The molecule has 32 heavy (non-hydrogen) atoms. The van der Waals surface area contributed by atoms with Crippen molar-refractivity contribution in [3.8, 4) is 17.2 Å². The second-order valence-electron chi connectivity index (χ2n) is 6.62. The van der Waals surface area contributed by atoms with Gasteiger partial charge < -0.3 is 14.2 Å². The molecule has 0 bridgehead atoms. The van der Waals surface area contributed by atoms with E-state index in [0.29, 0.717) is 48.3 Å². The quantitative estimate of drug-likeness (QED) is 0.366. The number of hydrogen-bond donors (Lipinski definition) is 1. The summed E-state index contributed by atoms with van der Waals surface area (Å²) in [6, 6.07) is 10.7. The summed E-state index contributed by atoms with van der Waals surface area (Å²) in [5.74, 6) is 0.0847. The predicted molar refractivity (Wildman–Crippen MR) is 120 cm³/mol. The Balaban J connectivity index is 1.93. The number of ether oxygens (including phenoxy) is 3. The van der Waals surface area contributed by atoms with E-state index >= 15 is 0 Å². The Morgan fingerprint density at radius 3 is 2.31 bits per heavy atom. The van der Waals surface area contributed by atoms with Gasteiger partial charge in [-0.05, 0) is 61.9 Å². The van der Waals surface area contributed by atoms with Gasteiger partial charge in [0.25, 0.3) is 11.8 Å². The summed E-state index contributed by atoms with van der Waals surface area (Å²) >= 11 is 0. The number of nitrogens with zero attached hydrogens (tertiary/aromatic N) is 1. The minimum absolute atomic E-state index is 0.180. The Labute approximate surface area is 186 Å². The Hall–Kier alpha value is -4.07. The summed E-state index contributed by atoms with van der Waals surface area (Å²) in [5, 5.41) is 2.21. The van der Waals surface area contributed by atoms with Crippen LogP contribution in [0.15, 0.2) is 60.7 Å². The average molecular weight is 436 g/mol. The third-order valence-electron chi connectivity index (χ3n) is 4.44. The van der Waals surface area contributed by atoms with Gasteiger partial charge in [-0.1, -0.05) is 18.7 Å². The van der Waals surface area contributed by atoms with Gasteiger partial charge in [0, 0.05) is 0 Å². The number of barbiturate groups is 1. The van der Waals surface area contributed by atoms with Gasteiger partial charge in [0.2, 0.25) is 0 Å². The molecule has 0 aromatic heterocycles. The monoisotopic (exact) mass is 436 g/mol. The molecule has 0 spiro atoms. The molecule has 1 N–H and O–H groups in total. The zero-order valence-corrected chi connectivity index (χ0v) is 17.9. The van der Waals surface area contributed by atoms with Crippen LogP contribution in [0.3, 0.4) is 0 Å². The SMILES string of the molecule is C=CCOc1ccc(/C=C2\C(=O)NC(=O)N(c3ccc(OCC)cc3)C2=O)cc1OCC. The maximum absolute atomic E-state index is 13.1. The first-order valence-electron chi connectivity index (χ1n) is 10.1. The molecule has 1 aliphatic heterocycles. The molecule has 1 heterocycles. The molecule has 1 saturated heterocycles. The number of imide groups is 2. The fourth-order valence-corrected chi connectivity index (χ4v) is 3.07. The lowest BCUT2D eigenvalue weighted by atomic mass is 10.1. The number of rotatable bonds is 9. The second kappa shape index (κ2) is 10.3. The fourth-order valence-electron chi connectivity index (χ4n) is 3.07.